The summed E-state index contributed by atoms with van der Waals surface area (Å²) < 4.78 is 7.55. The maximum atomic E-state index is 9.16. The van der Waals surface area contributed by atoms with Crippen molar-refractivity contribution in [1.29, 1.82) is 5.26 Å². The minimum Gasteiger partial charge on any atom is -0.374 e. The van der Waals surface area contributed by atoms with Gasteiger partial charge in [0.1, 0.15) is 12.4 Å². The summed E-state index contributed by atoms with van der Waals surface area (Å²) in [5.74, 6) is 0.790. The third kappa shape index (κ3) is 3.39. The highest BCUT2D eigenvalue weighted by Crippen LogP contribution is 2.25. The molecule has 0 bridgehead atoms. The minimum absolute atomic E-state index is 0.394. The molecule has 0 amide bonds. The third-order valence-electron chi connectivity index (χ3n) is 3.73. The van der Waals surface area contributed by atoms with Gasteiger partial charge in [-0.3, -0.25) is 0 Å². The molecule has 24 heavy (non-hydrogen) atoms. The van der Waals surface area contributed by atoms with Crippen LogP contribution in [0.15, 0.2) is 36.4 Å². The molecule has 0 unspecified atom stereocenters. The number of hydrogen-bond acceptors (Lipinski definition) is 3. The molecule has 0 saturated heterocycles. The van der Waals surface area contributed by atoms with Gasteiger partial charge in [0.2, 0.25) is 0 Å². The number of nitriles is 1. The van der Waals surface area contributed by atoms with Crippen LogP contribution in [0.5, 0.6) is 0 Å². The minimum atomic E-state index is 0.394. The van der Waals surface area contributed by atoms with Crippen molar-refractivity contribution in [3.05, 3.63) is 63.4 Å². The maximum absolute atomic E-state index is 9.16. The van der Waals surface area contributed by atoms with Crippen molar-refractivity contribution in [2.45, 2.75) is 20.1 Å². The predicted octanol–water partition coefficient (Wildman–Crippen LogP) is 4.80. The number of rotatable bonds is 5. The van der Waals surface area contributed by atoms with E-state index in [9.17, 15) is 0 Å². The van der Waals surface area contributed by atoms with Crippen LogP contribution in [0, 0.1) is 11.3 Å². The van der Waals surface area contributed by atoms with Gasteiger partial charge in [-0.15, -0.1) is 0 Å². The first-order valence-electron chi connectivity index (χ1n) is 7.53. The number of benzene rings is 2. The second-order valence-electron chi connectivity index (χ2n) is 5.30. The van der Waals surface area contributed by atoms with E-state index in [0.717, 1.165) is 22.4 Å². The highest BCUT2D eigenvalue weighted by molar-refractivity contribution is 6.33. The van der Waals surface area contributed by atoms with E-state index < -0.39 is 0 Å². The normalized spacial score (nSPS) is 10.9. The van der Waals surface area contributed by atoms with Crippen LogP contribution in [0.3, 0.4) is 0 Å². The molecule has 0 spiro atoms. The Morgan fingerprint density at radius 2 is 2.04 bits per heavy atom. The molecule has 3 aromatic rings. The molecule has 0 aliphatic rings. The molecule has 0 aliphatic carbocycles. The summed E-state index contributed by atoms with van der Waals surface area (Å²) in [6, 6.07) is 13.0. The Morgan fingerprint density at radius 1 is 1.21 bits per heavy atom. The van der Waals surface area contributed by atoms with Crippen molar-refractivity contribution < 1.29 is 4.74 Å². The smallest absolute Gasteiger partial charge is 0.136 e. The fourth-order valence-corrected chi connectivity index (χ4v) is 2.93. The molecule has 122 valence electrons. The zero-order valence-electron chi connectivity index (χ0n) is 13.1. The fourth-order valence-electron chi connectivity index (χ4n) is 2.56. The van der Waals surface area contributed by atoms with Crippen molar-refractivity contribution >= 4 is 34.2 Å². The second kappa shape index (κ2) is 7.23. The molecule has 0 N–H and O–H groups in total. The Morgan fingerprint density at radius 3 is 2.79 bits per heavy atom. The van der Waals surface area contributed by atoms with Crippen LogP contribution >= 0.6 is 23.2 Å². The van der Waals surface area contributed by atoms with Crippen molar-refractivity contribution in [3.8, 4) is 6.07 Å². The number of nitrogens with zero attached hydrogens (tertiary/aromatic N) is 3. The standard InChI is InChI=1S/C18H15Cl2N3O/c1-2-24-11-18-22-16-6-3-12(9-21)7-17(16)23(18)10-13-8-14(19)4-5-15(13)20/h3-8H,2,10-11H2,1H3. The van der Waals surface area contributed by atoms with Crippen LogP contribution in [0.1, 0.15) is 23.9 Å². The molecule has 6 heteroatoms. The van der Waals surface area contributed by atoms with Gasteiger partial charge in [0.25, 0.3) is 0 Å². The Balaban J connectivity index is 2.12. The molecular formula is C18H15Cl2N3O. The van der Waals surface area contributed by atoms with E-state index in [1.807, 2.05) is 29.7 Å². The van der Waals surface area contributed by atoms with E-state index in [4.69, 9.17) is 33.2 Å². The lowest BCUT2D eigenvalue weighted by atomic mass is 10.2. The quantitative estimate of drug-likeness (QED) is 0.657. The predicted molar refractivity (Wildman–Crippen MR) is 95.3 cm³/mol. The number of hydrogen-bond donors (Lipinski definition) is 0. The zero-order valence-corrected chi connectivity index (χ0v) is 14.6. The van der Waals surface area contributed by atoms with Crippen molar-refractivity contribution in [3.63, 3.8) is 0 Å². The van der Waals surface area contributed by atoms with E-state index in [1.54, 1.807) is 18.2 Å². The summed E-state index contributed by atoms with van der Waals surface area (Å²) in [7, 11) is 0. The summed E-state index contributed by atoms with van der Waals surface area (Å²) in [6.45, 7) is 3.44. The number of aromatic nitrogens is 2. The SMILES string of the molecule is CCOCc1nc2ccc(C#N)cc2n1Cc1cc(Cl)ccc1Cl. The van der Waals surface area contributed by atoms with Gasteiger partial charge in [-0.05, 0) is 48.9 Å². The summed E-state index contributed by atoms with van der Waals surface area (Å²) >= 11 is 12.4. The van der Waals surface area contributed by atoms with Crippen LogP contribution in [-0.4, -0.2) is 16.2 Å². The highest BCUT2D eigenvalue weighted by atomic mass is 35.5. The van der Waals surface area contributed by atoms with Crippen LogP contribution < -0.4 is 0 Å². The van der Waals surface area contributed by atoms with E-state index >= 15 is 0 Å². The molecule has 0 fully saturated rings. The lowest BCUT2D eigenvalue weighted by molar-refractivity contribution is 0.126. The topological polar surface area (TPSA) is 50.8 Å². The van der Waals surface area contributed by atoms with Crippen molar-refractivity contribution in [2.75, 3.05) is 6.61 Å². The largest absolute Gasteiger partial charge is 0.374 e. The molecule has 0 saturated carbocycles. The van der Waals surface area contributed by atoms with Gasteiger partial charge >= 0.3 is 0 Å². The lowest BCUT2D eigenvalue weighted by Crippen LogP contribution is -2.07. The first-order chi connectivity index (χ1) is 11.6. The Kier molecular flexibility index (Phi) is 5.06. The Bertz CT molecular complexity index is 928. The molecule has 0 aliphatic heterocycles. The van der Waals surface area contributed by atoms with Crippen molar-refractivity contribution in [2.24, 2.45) is 0 Å². The average Bonchev–Trinajstić information content (AvgIpc) is 2.93. The molecule has 0 radical (unpaired) electrons. The molecule has 0 atom stereocenters. The molecule has 1 heterocycles. The average molecular weight is 360 g/mol. The van der Waals surface area contributed by atoms with E-state index in [0.29, 0.717) is 35.4 Å². The van der Waals surface area contributed by atoms with Gasteiger partial charge in [0.05, 0.1) is 29.2 Å². The molecule has 1 aromatic heterocycles. The first-order valence-corrected chi connectivity index (χ1v) is 8.29. The number of ether oxygens (including phenoxy) is 1. The number of imidazole rings is 1. The Labute approximate surface area is 150 Å². The van der Waals surface area contributed by atoms with E-state index in [-0.39, 0.29) is 0 Å². The second-order valence-corrected chi connectivity index (χ2v) is 6.15. The zero-order chi connectivity index (χ0) is 17.1. The summed E-state index contributed by atoms with van der Waals surface area (Å²) in [4.78, 5) is 4.63. The first kappa shape index (κ1) is 16.8. The van der Waals surface area contributed by atoms with Gasteiger partial charge in [-0.25, -0.2) is 4.98 Å². The van der Waals surface area contributed by atoms with Gasteiger partial charge in [0.15, 0.2) is 0 Å². The molecule has 4 nitrogen and oxygen atoms in total. The summed E-state index contributed by atoms with van der Waals surface area (Å²) in [5, 5.41) is 10.4. The van der Waals surface area contributed by atoms with Crippen LogP contribution in [0.4, 0.5) is 0 Å². The maximum Gasteiger partial charge on any atom is 0.136 e. The number of fused-ring (bicyclic) bond motifs is 1. The monoisotopic (exact) mass is 359 g/mol. The van der Waals surface area contributed by atoms with Gasteiger partial charge < -0.3 is 9.30 Å². The van der Waals surface area contributed by atoms with Gasteiger partial charge in [-0.1, -0.05) is 23.2 Å². The van der Waals surface area contributed by atoms with Crippen LogP contribution in [0.25, 0.3) is 11.0 Å². The van der Waals surface area contributed by atoms with E-state index in [1.165, 1.54) is 0 Å². The number of halogens is 2. The molecule has 3 rings (SSSR count). The highest BCUT2D eigenvalue weighted by Gasteiger charge is 2.13. The van der Waals surface area contributed by atoms with Gasteiger partial charge in [-0.2, -0.15) is 5.26 Å². The van der Waals surface area contributed by atoms with Crippen molar-refractivity contribution in [1.82, 2.24) is 9.55 Å². The molecule has 2 aromatic carbocycles. The van der Waals surface area contributed by atoms with Crippen LogP contribution in [-0.2, 0) is 17.9 Å². The van der Waals surface area contributed by atoms with E-state index in [2.05, 4.69) is 11.1 Å². The summed E-state index contributed by atoms with van der Waals surface area (Å²) in [5.41, 5.74) is 3.18. The van der Waals surface area contributed by atoms with Crippen LogP contribution in [0.2, 0.25) is 10.0 Å². The third-order valence-corrected chi connectivity index (χ3v) is 4.33. The lowest BCUT2D eigenvalue weighted by Gasteiger charge is -2.11. The Hall–Kier alpha value is -2.06. The summed E-state index contributed by atoms with van der Waals surface area (Å²) in [6.07, 6.45) is 0. The fraction of sp³-hybridized carbons (Fsp3) is 0.222. The molecular weight excluding hydrogens is 345 g/mol. The van der Waals surface area contributed by atoms with Gasteiger partial charge in [0, 0.05) is 16.7 Å².